The Hall–Kier alpha value is -1.76. The van der Waals surface area contributed by atoms with E-state index in [1.165, 1.54) is 6.07 Å². The first-order valence-corrected chi connectivity index (χ1v) is 6.01. The summed E-state index contributed by atoms with van der Waals surface area (Å²) in [5.74, 6) is -1.67. The summed E-state index contributed by atoms with van der Waals surface area (Å²) in [5, 5.41) is 9.53. The molecule has 0 bridgehead atoms. The summed E-state index contributed by atoms with van der Waals surface area (Å²) < 4.78 is 26.6. The van der Waals surface area contributed by atoms with E-state index in [4.69, 9.17) is 0 Å². The summed E-state index contributed by atoms with van der Waals surface area (Å²) in [6.07, 6.45) is 1.06. The van der Waals surface area contributed by atoms with Crippen molar-refractivity contribution in [3.8, 4) is 5.88 Å². The summed E-state index contributed by atoms with van der Waals surface area (Å²) in [6.45, 7) is 1.69. The Morgan fingerprint density at radius 1 is 1.33 bits per heavy atom. The van der Waals surface area contributed by atoms with Crippen LogP contribution >= 0.6 is 11.8 Å². The summed E-state index contributed by atoms with van der Waals surface area (Å²) in [5.41, 5.74) is 0.448. The maximum Gasteiger partial charge on any atom is 0.219 e. The van der Waals surface area contributed by atoms with Crippen LogP contribution in [0.5, 0.6) is 5.88 Å². The quantitative estimate of drug-likeness (QED) is 0.527. The van der Waals surface area contributed by atoms with Crippen molar-refractivity contribution in [3.63, 3.8) is 0 Å². The van der Waals surface area contributed by atoms with Gasteiger partial charge in [0.2, 0.25) is 11.8 Å². The fraction of sp³-hybridized carbons (Fsp3) is 0.182. The minimum atomic E-state index is -0.848. The Kier molecular flexibility index (Phi) is 3.71. The highest BCUT2D eigenvalue weighted by atomic mass is 32.2. The van der Waals surface area contributed by atoms with Gasteiger partial charge in [0.1, 0.15) is 5.82 Å². The van der Waals surface area contributed by atoms with Crippen molar-refractivity contribution in [2.75, 3.05) is 0 Å². The minimum absolute atomic E-state index is 0.00833. The highest BCUT2D eigenvalue weighted by Crippen LogP contribution is 2.23. The summed E-state index contributed by atoms with van der Waals surface area (Å²) in [7, 11) is 0. The average Bonchev–Trinajstić information content (AvgIpc) is 2.27. The Morgan fingerprint density at radius 3 is 2.78 bits per heavy atom. The molecule has 0 saturated carbocycles. The normalized spacial score (nSPS) is 10.6. The number of aromatic nitrogens is 3. The molecule has 94 valence electrons. The maximum absolute atomic E-state index is 13.3. The molecule has 0 aliphatic carbocycles. The maximum atomic E-state index is 13.3. The number of pyridine rings is 1. The van der Waals surface area contributed by atoms with Crippen LogP contribution in [0, 0.1) is 18.7 Å². The van der Waals surface area contributed by atoms with Gasteiger partial charge in [-0.2, -0.15) is 9.37 Å². The van der Waals surface area contributed by atoms with E-state index in [0.29, 0.717) is 5.69 Å². The lowest BCUT2D eigenvalue weighted by molar-refractivity contribution is 0.444. The molecular formula is C11H9F2N3OS. The molecule has 0 atom stereocenters. The van der Waals surface area contributed by atoms with Gasteiger partial charge in [-0.05, 0) is 13.0 Å². The van der Waals surface area contributed by atoms with Crippen molar-refractivity contribution < 1.29 is 13.9 Å². The molecule has 1 N–H and O–H groups in total. The van der Waals surface area contributed by atoms with E-state index in [9.17, 15) is 13.9 Å². The van der Waals surface area contributed by atoms with Crippen LogP contribution in [0.3, 0.4) is 0 Å². The zero-order valence-electron chi connectivity index (χ0n) is 9.39. The second-order valence-electron chi connectivity index (χ2n) is 3.50. The third-order valence-corrected chi connectivity index (χ3v) is 2.99. The first-order chi connectivity index (χ1) is 8.56. The number of nitrogens with zero attached hydrogens (tertiary/aromatic N) is 3. The Labute approximate surface area is 106 Å². The van der Waals surface area contributed by atoms with Crippen LogP contribution in [0.1, 0.15) is 11.3 Å². The number of thioether (sulfide) groups is 1. The third kappa shape index (κ3) is 2.92. The SMILES string of the molecule is Cc1cc(O)nc(SCc2c(F)ccnc2F)n1. The Balaban J connectivity index is 2.16. The van der Waals surface area contributed by atoms with Gasteiger partial charge in [0.25, 0.3) is 0 Å². The fourth-order valence-corrected chi connectivity index (χ4v) is 2.20. The average molecular weight is 269 g/mol. The lowest BCUT2D eigenvalue weighted by Gasteiger charge is -2.04. The van der Waals surface area contributed by atoms with Gasteiger partial charge in [-0.15, -0.1) is 0 Å². The van der Waals surface area contributed by atoms with Crippen LogP contribution < -0.4 is 0 Å². The van der Waals surface area contributed by atoms with Crippen molar-refractivity contribution in [2.45, 2.75) is 17.8 Å². The monoisotopic (exact) mass is 269 g/mol. The zero-order valence-corrected chi connectivity index (χ0v) is 10.2. The van der Waals surface area contributed by atoms with Crippen molar-refractivity contribution in [1.82, 2.24) is 15.0 Å². The highest BCUT2D eigenvalue weighted by molar-refractivity contribution is 7.98. The predicted octanol–water partition coefficient (Wildman–Crippen LogP) is 2.46. The van der Waals surface area contributed by atoms with E-state index in [0.717, 1.165) is 24.0 Å². The number of aromatic hydroxyl groups is 1. The van der Waals surface area contributed by atoms with Crippen LogP contribution in [-0.4, -0.2) is 20.1 Å². The lowest BCUT2D eigenvalue weighted by atomic mass is 10.3. The van der Waals surface area contributed by atoms with Gasteiger partial charge in [0.05, 0.1) is 5.56 Å². The molecule has 2 rings (SSSR count). The summed E-state index contributed by atoms with van der Waals surface area (Å²) in [6, 6.07) is 2.49. The largest absolute Gasteiger partial charge is 0.493 e. The predicted molar refractivity (Wildman–Crippen MR) is 62.1 cm³/mol. The van der Waals surface area contributed by atoms with Crippen molar-refractivity contribution >= 4 is 11.8 Å². The van der Waals surface area contributed by atoms with Gasteiger partial charge >= 0.3 is 0 Å². The van der Waals surface area contributed by atoms with Crippen molar-refractivity contribution in [2.24, 2.45) is 0 Å². The topological polar surface area (TPSA) is 58.9 Å². The summed E-state index contributed by atoms with van der Waals surface area (Å²) in [4.78, 5) is 11.2. The van der Waals surface area contributed by atoms with Crippen molar-refractivity contribution in [1.29, 1.82) is 0 Å². The molecular weight excluding hydrogens is 260 g/mol. The number of hydrogen-bond donors (Lipinski definition) is 1. The zero-order chi connectivity index (χ0) is 13.1. The third-order valence-electron chi connectivity index (χ3n) is 2.11. The van der Waals surface area contributed by atoms with Gasteiger partial charge in [0, 0.05) is 23.7 Å². The van der Waals surface area contributed by atoms with Crippen molar-refractivity contribution in [3.05, 3.63) is 41.4 Å². The van der Waals surface area contributed by atoms with Crippen LogP contribution in [0.25, 0.3) is 0 Å². The molecule has 0 radical (unpaired) electrons. The second-order valence-corrected chi connectivity index (χ2v) is 4.44. The van der Waals surface area contributed by atoms with E-state index in [1.54, 1.807) is 6.92 Å². The molecule has 0 fully saturated rings. The molecule has 0 amide bonds. The van der Waals surface area contributed by atoms with Gasteiger partial charge in [-0.25, -0.2) is 14.4 Å². The molecule has 4 nitrogen and oxygen atoms in total. The number of aryl methyl sites for hydroxylation is 1. The molecule has 0 unspecified atom stereocenters. The molecule has 0 aliphatic heterocycles. The van der Waals surface area contributed by atoms with E-state index >= 15 is 0 Å². The molecule has 2 aromatic rings. The van der Waals surface area contributed by atoms with E-state index < -0.39 is 11.8 Å². The molecule has 7 heteroatoms. The summed E-state index contributed by atoms with van der Waals surface area (Å²) >= 11 is 1.03. The lowest BCUT2D eigenvalue weighted by Crippen LogP contribution is -1.97. The van der Waals surface area contributed by atoms with E-state index in [1.807, 2.05) is 0 Å². The molecule has 0 saturated heterocycles. The fourth-order valence-electron chi connectivity index (χ4n) is 1.30. The number of rotatable bonds is 3. The molecule has 0 spiro atoms. The van der Waals surface area contributed by atoms with E-state index in [2.05, 4.69) is 15.0 Å². The van der Waals surface area contributed by atoms with Gasteiger partial charge in [-0.3, -0.25) is 0 Å². The number of hydrogen-bond acceptors (Lipinski definition) is 5. The van der Waals surface area contributed by atoms with Crippen LogP contribution in [0.2, 0.25) is 0 Å². The first kappa shape index (κ1) is 12.7. The van der Waals surface area contributed by atoms with Crippen LogP contribution in [-0.2, 0) is 5.75 Å². The van der Waals surface area contributed by atoms with Gasteiger partial charge in [0.15, 0.2) is 5.16 Å². The van der Waals surface area contributed by atoms with E-state index in [-0.39, 0.29) is 22.4 Å². The Bertz CT molecular complexity index is 540. The first-order valence-electron chi connectivity index (χ1n) is 5.02. The van der Waals surface area contributed by atoms with Crippen LogP contribution in [0.4, 0.5) is 8.78 Å². The molecule has 18 heavy (non-hydrogen) atoms. The highest BCUT2D eigenvalue weighted by Gasteiger charge is 2.11. The van der Waals surface area contributed by atoms with Gasteiger partial charge < -0.3 is 5.11 Å². The molecule has 0 aliphatic rings. The van der Waals surface area contributed by atoms with Crippen LogP contribution in [0.15, 0.2) is 23.5 Å². The molecule has 2 heterocycles. The van der Waals surface area contributed by atoms with Gasteiger partial charge in [-0.1, -0.05) is 11.8 Å². The standard InChI is InChI=1S/C11H9F2N3OS/c1-6-4-9(17)16-11(15-6)18-5-7-8(12)2-3-14-10(7)13/h2-4H,5H2,1H3,(H,15,16,17). The minimum Gasteiger partial charge on any atom is -0.493 e. The Morgan fingerprint density at radius 2 is 2.11 bits per heavy atom. The smallest absolute Gasteiger partial charge is 0.219 e. The number of halogens is 2. The molecule has 0 aromatic carbocycles. The molecule has 2 aromatic heterocycles. The second kappa shape index (κ2) is 5.26.